The number of carbonyl (C=O) groups excluding carboxylic acids is 1. The highest BCUT2D eigenvalue weighted by molar-refractivity contribution is 5.94. The molecule has 0 spiro atoms. The van der Waals surface area contributed by atoms with E-state index in [1.54, 1.807) is 12.1 Å². The molecular formula is C15H25N3O. The first kappa shape index (κ1) is 15.5. The molecular weight excluding hydrogens is 238 g/mol. The quantitative estimate of drug-likeness (QED) is 0.708. The molecule has 0 aromatic carbocycles. The van der Waals surface area contributed by atoms with Gasteiger partial charge in [-0.25, -0.2) is 4.98 Å². The van der Waals surface area contributed by atoms with Crippen LogP contribution in [0.3, 0.4) is 0 Å². The van der Waals surface area contributed by atoms with Gasteiger partial charge in [0.25, 0.3) is 5.91 Å². The maximum atomic E-state index is 11.9. The molecule has 1 amide bonds. The van der Waals surface area contributed by atoms with Crippen molar-refractivity contribution in [1.82, 2.24) is 10.3 Å². The third-order valence-corrected chi connectivity index (χ3v) is 3.05. The van der Waals surface area contributed by atoms with Crippen LogP contribution >= 0.6 is 0 Å². The zero-order chi connectivity index (χ0) is 14.1. The molecule has 0 atom stereocenters. The van der Waals surface area contributed by atoms with Gasteiger partial charge in [0.2, 0.25) is 0 Å². The van der Waals surface area contributed by atoms with Crippen LogP contribution in [0, 0.1) is 6.92 Å². The van der Waals surface area contributed by atoms with Crippen LogP contribution in [0.4, 0.5) is 5.82 Å². The molecule has 0 unspecified atom stereocenters. The number of nitrogens with two attached hydrogens (primary N) is 1. The molecule has 3 N–H and O–H groups in total. The van der Waals surface area contributed by atoms with E-state index in [2.05, 4.69) is 17.2 Å². The summed E-state index contributed by atoms with van der Waals surface area (Å²) in [5, 5.41) is 2.92. The predicted molar refractivity (Wildman–Crippen MR) is 79.1 cm³/mol. The molecule has 19 heavy (non-hydrogen) atoms. The van der Waals surface area contributed by atoms with Crippen molar-refractivity contribution in [3.63, 3.8) is 0 Å². The van der Waals surface area contributed by atoms with Gasteiger partial charge in [-0.2, -0.15) is 0 Å². The Kier molecular flexibility index (Phi) is 6.93. The fraction of sp³-hybridized carbons (Fsp3) is 0.600. The van der Waals surface area contributed by atoms with Gasteiger partial charge in [0.05, 0.1) is 0 Å². The number of aryl methyl sites for hydroxylation is 1. The van der Waals surface area contributed by atoms with E-state index in [1.807, 2.05) is 6.92 Å². The minimum Gasteiger partial charge on any atom is -0.384 e. The molecule has 0 bridgehead atoms. The zero-order valence-corrected chi connectivity index (χ0v) is 12.0. The van der Waals surface area contributed by atoms with Crippen molar-refractivity contribution in [3.8, 4) is 0 Å². The fourth-order valence-electron chi connectivity index (χ4n) is 2.03. The van der Waals surface area contributed by atoms with Gasteiger partial charge in [0, 0.05) is 17.8 Å². The van der Waals surface area contributed by atoms with Crippen molar-refractivity contribution in [2.75, 3.05) is 12.3 Å². The van der Waals surface area contributed by atoms with Crippen LogP contribution in [0.15, 0.2) is 12.1 Å². The molecule has 4 nitrogen and oxygen atoms in total. The lowest BCUT2D eigenvalue weighted by atomic mass is 10.1. The summed E-state index contributed by atoms with van der Waals surface area (Å²) in [6.07, 6.45) is 7.34. The van der Waals surface area contributed by atoms with Crippen molar-refractivity contribution in [3.05, 3.63) is 23.4 Å². The van der Waals surface area contributed by atoms with Crippen molar-refractivity contribution >= 4 is 11.7 Å². The van der Waals surface area contributed by atoms with Crippen molar-refractivity contribution in [1.29, 1.82) is 0 Å². The van der Waals surface area contributed by atoms with E-state index in [1.165, 1.54) is 32.1 Å². The lowest BCUT2D eigenvalue weighted by Crippen LogP contribution is -2.24. The maximum Gasteiger partial charge on any atom is 0.251 e. The lowest BCUT2D eigenvalue weighted by Gasteiger charge is -2.06. The molecule has 1 rings (SSSR count). The van der Waals surface area contributed by atoms with Crippen LogP contribution in [0.5, 0.6) is 0 Å². The summed E-state index contributed by atoms with van der Waals surface area (Å²) >= 11 is 0. The second kappa shape index (κ2) is 8.51. The second-order valence-electron chi connectivity index (χ2n) is 4.95. The number of unbranched alkanes of at least 4 members (excludes halogenated alkanes) is 5. The number of nitrogens with one attached hydrogen (secondary N) is 1. The first-order chi connectivity index (χ1) is 9.13. The lowest BCUT2D eigenvalue weighted by molar-refractivity contribution is 0.0952. The summed E-state index contributed by atoms with van der Waals surface area (Å²) in [6, 6.07) is 3.37. The van der Waals surface area contributed by atoms with E-state index in [-0.39, 0.29) is 5.91 Å². The fourth-order valence-corrected chi connectivity index (χ4v) is 2.03. The normalized spacial score (nSPS) is 10.4. The predicted octanol–water partition coefficient (Wildman–Crippen LogP) is 3.06. The van der Waals surface area contributed by atoms with Crippen molar-refractivity contribution in [2.24, 2.45) is 0 Å². The molecule has 0 radical (unpaired) electrons. The third-order valence-electron chi connectivity index (χ3n) is 3.05. The summed E-state index contributed by atoms with van der Waals surface area (Å²) in [5.41, 5.74) is 6.99. The maximum absolute atomic E-state index is 11.9. The van der Waals surface area contributed by atoms with Gasteiger partial charge >= 0.3 is 0 Å². The SMILES string of the molecule is CCCCCCCCNC(=O)c1cc(C)nc(N)c1. The van der Waals surface area contributed by atoms with Gasteiger partial charge in [0.1, 0.15) is 5.82 Å². The minimum absolute atomic E-state index is 0.0641. The molecule has 0 aliphatic heterocycles. The Bertz CT molecular complexity index is 384. The van der Waals surface area contributed by atoms with E-state index in [9.17, 15) is 4.79 Å². The Hall–Kier alpha value is -1.58. The summed E-state index contributed by atoms with van der Waals surface area (Å²) < 4.78 is 0. The number of nitrogens with zero attached hydrogens (tertiary/aromatic N) is 1. The van der Waals surface area contributed by atoms with E-state index in [4.69, 9.17) is 5.73 Å². The molecule has 4 heteroatoms. The molecule has 106 valence electrons. The summed E-state index contributed by atoms with van der Waals surface area (Å²) in [7, 11) is 0. The van der Waals surface area contributed by atoms with E-state index >= 15 is 0 Å². The van der Waals surface area contributed by atoms with E-state index in [0.717, 1.165) is 18.7 Å². The van der Waals surface area contributed by atoms with Gasteiger partial charge < -0.3 is 11.1 Å². The topological polar surface area (TPSA) is 68.0 Å². The van der Waals surface area contributed by atoms with E-state index < -0.39 is 0 Å². The summed E-state index contributed by atoms with van der Waals surface area (Å²) in [4.78, 5) is 15.9. The minimum atomic E-state index is -0.0641. The van der Waals surface area contributed by atoms with Crippen LogP contribution in [-0.2, 0) is 0 Å². The van der Waals surface area contributed by atoms with Crippen LogP contribution < -0.4 is 11.1 Å². The van der Waals surface area contributed by atoms with Crippen LogP contribution in [-0.4, -0.2) is 17.4 Å². The standard InChI is InChI=1S/C15H25N3O/c1-3-4-5-6-7-8-9-17-15(19)13-10-12(2)18-14(16)11-13/h10-11H,3-9H2,1-2H3,(H2,16,18)(H,17,19). The first-order valence-corrected chi connectivity index (χ1v) is 7.16. The van der Waals surface area contributed by atoms with Crippen LogP contribution in [0.1, 0.15) is 61.5 Å². The highest BCUT2D eigenvalue weighted by atomic mass is 16.1. The largest absolute Gasteiger partial charge is 0.384 e. The Labute approximate surface area is 115 Å². The molecule has 1 aromatic rings. The highest BCUT2D eigenvalue weighted by Crippen LogP contribution is 2.07. The average molecular weight is 263 g/mol. The summed E-state index contributed by atoms with van der Waals surface area (Å²) in [6.45, 7) is 4.77. The first-order valence-electron chi connectivity index (χ1n) is 7.16. The number of rotatable bonds is 8. The number of carbonyl (C=O) groups is 1. The van der Waals surface area contributed by atoms with Gasteiger partial charge in [-0.05, 0) is 25.5 Å². The Morgan fingerprint density at radius 1 is 1.21 bits per heavy atom. The molecule has 0 saturated heterocycles. The smallest absolute Gasteiger partial charge is 0.251 e. The molecule has 0 fully saturated rings. The number of anilines is 1. The number of aromatic nitrogens is 1. The highest BCUT2D eigenvalue weighted by Gasteiger charge is 2.06. The molecule has 0 saturated carbocycles. The number of pyridine rings is 1. The second-order valence-corrected chi connectivity index (χ2v) is 4.95. The van der Waals surface area contributed by atoms with Gasteiger partial charge in [-0.3, -0.25) is 4.79 Å². The van der Waals surface area contributed by atoms with Gasteiger partial charge in [-0.1, -0.05) is 39.0 Å². The molecule has 0 aliphatic carbocycles. The van der Waals surface area contributed by atoms with Crippen LogP contribution in [0.25, 0.3) is 0 Å². The van der Waals surface area contributed by atoms with Crippen molar-refractivity contribution < 1.29 is 4.79 Å². The van der Waals surface area contributed by atoms with Gasteiger partial charge in [0.15, 0.2) is 0 Å². The Balaban J connectivity index is 2.24. The zero-order valence-electron chi connectivity index (χ0n) is 12.0. The number of hydrogen-bond donors (Lipinski definition) is 2. The number of amides is 1. The molecule has 1 aromatic heterocycles. The molecule has 1 heterocycles. The van der Waals surface area contributed by atoms with Gasteiger partial charge in [-0.15, -0.1) is 0 Å². The Morgan fingerprint density at radius 2 is 1.89 bits per heavy atom. The molecule has 0 aliphatic rings. The summed E-state index contributed by atoms with van der Waals surface area (Å²) in [5.74, 6) is 0.329. The third kappa shape index (κ3) is 6.22. The van der Waals surface area contributed by atoms with E-state index in [0.29, 0.717) is 11.4 Å². The van der Waals surface area contributed by atoms with Crippen molar-refractivity contribution in [2.45, 2.75) is 52.4 Å². The number of hydrogen-bond acceptors (Lipinski definition) is 3. The average Bonchev–Trinajstić information content (AvgIpc) is 2.36. The monoisotopic (exact) mass is 263 g/mol. The van der Waals surface area contributed by atoms with Crippen LogP contribution in [0.2, 0.25) is 0 Å². The number of nitrogen functional groups attached to an aromatic ring is 1. The Morgan fingerprint density at radius 3 is 2.58 bits per heavy atom.